The number of aryl methyl sites for hydroxylation is 1. The molecule has 2 unspecified atom stereocenters. The predicted molar refractivity (Wildman–Crippen MR) is 77.5 cm³/mol. The lowest BCUT2D eigenvalue weighted by molar-refractivity contribution is 0.374. The lowest BCUT2D eigenvalue weighted by atomic mass is 9.96. The van der Waals surface area contributed by atoms with E-state index in [1.807, 2.05) is 6.20 Å². The van der Waals surface area contributed by atoms with Crippen molar-refractivity contribution in [3.05, 3.63) is 16.4 Å². The Morgan fingerprint density at radius 2 is 2.47 bits per heavy atom. The molecule has 1 aromatic rings. The summed E-state index contributed by atoms with van der Waals surface area (Å²) in [5, 5.41) is 8.07. The first-order chi connectivity index (χ1) is 8.27. The van der Waals surface area contributed by atoms with Crippen molar-refractivity contribution >= 4 is 27.7 Å². The predicted octanol–water partition coefficient (Wildman–Crippen LogP) is 3.07. The Balaban J connectivity index is 2.27. The third kappa shape index (κ3) is 2.88. The lowest BCUT2D eigenvalue weighted by Gasteiger charge is -2.25. The highest BCUT2D eigenvalue weighted by Gasteiger charge is 2.29. The van der Waals surface area contributed by atoms with Crippen LogP contribution in [-0.4, -0.2) is 27.8 Å². The van der Waals surface area contributed by atoms with Crippen LogP contribution in [0.3, 0.4) is 0 Å². The summed E-state index contributed by atoms with van der Waals surface area (Å²) in [7, 11) is 0. The van der Waals surface area contributed by atoms with Crippen molar-refractivity contribution in [2.24, 2.45) is 5.92 Å². The summed E-state index contributed by atoms with van der Waals surface area (Å²) in [6.07, 6.45) is 3.23. The van der Waals surface area contributed by atoms with Crippen LogP contribution in [0.4, 0.5) is 0 Å². The molecule has 0 spiro atoms. The van der Waals surface area contributed by atoms with E-state index < -0.39 is 0 Å². The molecule has 2 rings (SSSR count). The highest BCUT2D eigenvalue weighted by Crippen LogP contribution is 2.36. The Morgan fingerprint density at radius 1 is 1.65 bits per heavy atom. The highest BCUT2D eigenvalue weighted by atomic mass is 79.9. The largest absolute Gasteiger partial charge is 0.309 e. The van der Waals surface area contributed by atoms with E-state index in [-0.39, 0.29) is 0 Å². The second kappa shape index (κ2) is 6.25. The molecule has 3 nitrogen and oxygen atoms in total. The smallest absolute Gasteiger partial charge is 0.0698 e. The van der Waals surface area contributed by atoms with Crippen LogP contribution in [0.2, 0.25) is 0 Å². The van der Waals surface area contributed by atoms with Crippen molar-refractivity contribution in [3.63, 3.8) is 0 Å². The molecule has 1 N–H and O–H groups in total. The van der Waals surface area contributed by atoms with Crippen LogP contribution in [0, 0.1) is 5.92 Å². The van der Waals surface area contributed by atoms with Crippen LogP contribution < -0.4 is 5.32 Å². The molecule has 0 amide bonds. The first kappa shape index (κ1) is 13.4. The fraction of sp³-hybridized carbons (Fsp3) is 0.750. The minimum absolute atomic E-state index is 0.437. The Morgan fingerprint density at radius 3 is 3.06 bits per heavy atom. The van der Waals surface area contributed by atoms with Crippen LogP contribution in [-0.2, 0) is 6.54 Å². The van der Waals surface area contributed by atoms with Crippen molar-refractivity contribution in [1.29, 1.82) is 0 Å². The molecule has 1 saturated heterocycles. The van der Waals surface area contributed by atoms with Gasteiger partial charge in [0, 0.05) is 6.54 Å². The fourth-order valence-corrected chi connectivity index (χ4v) is 4.30. The standard InChI is InChI=1S/C12H20BrN3S/c1-3-14-11(9-5-6-17-8-9)12-10(13)7-15-16(12)4-2/h7,9,11,14H,3-6,8H2,1-2H3. The Kier molecular flexibility index (Phi) is 4.94. The van der Waals surface area contributed by atoms with E-state index in [2.05, 4.69) is 56.6 Å². The van der Waals surface area contributed by atoms with Crippen LogP contribution in [0.25, 0.3) is 0 Å². The summed E-state index contributed by atoms with van der Waals surface area (Å²) in [6.45, 7) is 6.26. The van der Waals surface area contributed by atoms with Crippen molar-refractivity contribution in [3.8, 4) is 0 Å². The third-order valence-electron chi connectivity index (χ3n) is 3.29. The van der Waals surface area contributed by atoms with Gasteiger partial charge in [0.15, 0.2) is 0 Å². The molecule has 96 valence electrons. The zero-order valence-corrected chi connectivity index (χ0v) is 12.9. The van der Waals surface area contributed by atoms with E-state index in [9.17, 15) is 0 Å². The normalized spacial score (nSPS) is 21.9. The molecule has 0 aromatic carbocycles. The maximum absolute atomic E-state index is 4.43. The molecule has 1 aliphatic heterocycles. The maximum atomic E-state index is 4.43. The molecular weight excluding hydrogens is 298 g/mol. The molecule has 1 aliphatic rings. The molecule has 0 bridgehead atoms. The van der Waals surface area contributed by atoms with E-state index in [0.717, 1.165) is 23.5 Å². The summed E-state index contributed by atoms with van der Waals surface area (Å²) >= 11 is 5.71. The first-order valence-electron chi connectivity index (χ1n) is 6.30. The van der Waals surface area contributed by atoms with Crippen LogP contribution in [0.15, 0.2) is 10.7 Å². The first-order valence-corrected chi connectivity index (χ1v) is 8.25. The number of halogens is 1. The van der Waals surface area contributed by atoms with Crippen molar-refractivity contribution < 1.29 is 0 Å². The van der Waals surface area contributed by atoms with Gasteiger partial charge >= 0.3 is 0 Å². The van der Waals surface area contributed by atoms with Crippen LogP contribution in [0.1, 0.15) is 32.0 Å². The van der Waals surface area contributed by atoms with E-state index in [1.165, 1.54) is 23.6 Å². The molecule has 5 heteroatoms. The molecule has 17 heavy (non-hydrogen) atoms. The van der Waals surface area contributed by atoms with Crippen LogP contribution >= 0.6 is 27.7 Å². The molecule has 1 fully saturated rings. The molecule has 1 aromatic heterocycles. The van der Waals surface area contributed by atoms with Gasteiger partial charge in [-0.15, -0.1) is 0 Å². The summed E-state index contributed by atoms with van der Waals surface area (Å²) in [5.74, 6) is 3.29. The van der Waals surface area contributed by atoms with Crippen LogP contribution in [0.5, 0.6) is 0 Å². The zero-order chi connectivity index (χ0) is 12.3. The number of nitrogens with zero attached hydrogens (tertiary/aromatic N) is 2. The molecule has 2 atom stereocenters. The minimum Gasteiger partial charge on any atom is -0.309 e. The number of hydrogen-bond acceptors (Lipinski definition) is 3. The van der Waals surface area contributed by atoms with Crippen molar-refractivity contribution in [1.82, 2.24) is 15.1 Å². The van der Waals surface area contributed by atoms with Crippen molar-refractivity contribution in [2.75, 3.05) is 18.1 Å². The number of nitrogens with one attached hydrogen (secondary N) is 1. The second-order valence-corrected chi connectivity index (χ2v) is 6.36. The molecule has 0 saturated carbocycles. The molecular formula is C12H20BrN3S. The quantitative estimate of drug-likeness (QED) is 0.905. The summed E-state index contributed by atoms with van der Waals surface area (Å²) in [5.41, 5.74) is 1.32. The van der Waals surface area contributed by atoms with Gasteiger partial charge < -0.3 is 5.32 Å². The SMILES string of the molecule is CCNC(c1c(Br)cnn1CC)C1CCSC1. The van der Waals surface area contributed by atoms with Gasteiger partial charge in [-0.05, 0) is 53.2 Å². The van der Waals surface area contributed by atoms with Gasteiger partial charge in [0.2, 0.25) is 0 Å². The van der Waals surface area contributed by atoms with Gasteiger partial charge in [-0.3, -0.25) is 4.68 Å². The van der Waals surface area contributed by atoms with Gasteiger partial charge in [-0.2, -0.15) is 16.9 Å². The summed E-state index contributed by atoms with van der Waals surface area (Å²) < 4.78 is 3.25. The summed E-state index contributed by atoms with van der Waals surface area (Å²) in [6, 6.07) is 0.437. The number of aromatic nitrogens is 2. The average Bonchev–Trinajstić information content (AvgIpc) is 2.95. The lowest BCUT2D eigenvalue weighted by Crippen LogP contribution is -2.30. The minimum atomic E-state index is 0.437. The monoisotopic (exact) mass is 317 g/mol. The summed E-state index contributed by atoms with van der Waals surface area (Å²) in [4.78, 5) is 0. The van der Waals surface area contributed by atoms with Gasteiger partial charge in [0.25, 0.3) is 0 Å². The number of thioether (sulfide) groups is 1. The van der Waals surface area contributed by atoms with Gasteiger partial charge in [0.1, 0.15) is 0 Å². The number of hydrogen-bond donors (Lipinski definition) is 1. The Labute approximate surface area is 116 Å². The third-order valence-corrected chi connectivity index (χ3v) is 5.09. The highest BCUT2D eigenvalue weighted by molar-refractivity contribution is 9.10. The second-order valence-electron chi connectivity index (χ2n) is 4.35. The topological polar surface area (TPSA) is 29.9 Å². The van der Waals surface area contributed by atoms with E-state index in [4.69, 9.17) is 0 Å². The average molecular weight is 318 g/mol. The molecule has 0 radical (unpaired) electrons. The Hall–Kier alpha value is -0.000000000000000111. The Bertz CT molecular complexity index is 361. The van der Waals surface area contributed by atoms with Gasteiger partial charge in [0.05, 0.1) is 22.4 Å². The van der Waals surface area contributed by atoms with Crippen molar-refractivity contribution in [2.45, 2.75) is 32.9 Å². The van der Waals surface area contributed by atoms with E-state index in [1.54, 1.807) is 0 Å². The van der Waals surface area contributed by atoms with Gasteiger partial charge in [-0.1, -0.05) is 6.92 Å². The van der Waals surface area contributed by atoms with E-state index in [0.29, 0.717) is 6.04 Å². The van der Waals surface area contributed by atoms with E-state index >= 15 is 0 Å². The fourth-order valence-electron chi connectivity index (χ4n) is 2.46. The number of rotatable bonds is 5. The molecule has 2 heterocycles. The molecule has 0 aliphatic carbocycles. The van der Waals surface area contributed by atoms with Gasteiger partial charge in [-0.25, -0.2) is 0 Å². The zero-order valence-electron chi connectivity index (χ0n) is 10.4. The maximum Gasteiger partial charge on any atom is 0.0698 e.